The second-order valence-electron chi connectivity index (χ2n) is 4.26. The molecule has 1 aromatic carbocycles. The number of hydrogen-bond acceptors (Lipinski definition) is 5. The van der Waals surface area contributed by atoms with Gasteiger partial charge in [0.05, 0.1) is 9.85 Å². The molecule has 0 fully saturated rings. The number of benzene rings is 1. The van der Waals surface area contributed by atoms with Crippen LogP contribution in [-0.2, 0) is 0 Å². The van der Waals surface area contributed by atoms with E-state index in [-0.39, 0.29) is 16.4 Å². The largest absolute Gasteiger partial charge is 0.360 e. The molecule has 7 nitrogen and oxygen atoms in total. The number of halogens is 1. The van der Waals surface area contributed by atoms with Crippen molar-refractivity contribution >= 4 is 28.7 Å². The summed E-state index contributed by atoms with van der Waals surface area (Å²) in [6, 6.07) is 2.40. The lowest BCUT2D eigenvalue weighted by Crippen LogP contribution is -2.26. The van der Waals surface area contributed by atoms with Crippen molar-refractivity contribution in [3.05, 3.63) is 37.4 Å². The Morgan fingerprint density at radius 3 is 2.05 bits per heavy atom. The van der Waals surface area contributed by atoms with Crippen molar-refractivity contribution < 1.29 is 9.85 Å². The van der Waals surface area contributed by atoms with E-state index in [1.165, 1.54) is 12.1 Å². The van der Waals surface area contributed by atoms with Gasteiger partial charge in [-0.05, 0) is 18.9 Å². The Labute approximate surface area is 121 Å². The Morgan fingerprint density at radius 2 is 1.65 bits per heavy atom. The fourth-order valence-corrected chi connectivity index (χ4v) is 2.27. The normalized spacial score (nSPS) is 10.3. The third-order valence-electron chi connectivity index (χ3n) is 2.76. The second-order valence-corrected chi connectivity index (χ2v) is 4.67. The average molecular weight is 302 g/mol. The highest BCUT2D eigenvalue weighted by Gasteiger charge is 2.31. The molecule has 0 aliphatic heterocycles. The molecule has 0 saturated carbocycles. The molecule has 0 heterocycles. The summed E-state index contributed by atoms with van der Waals surface area (Å²) in [7, 11) is 0. The highest BCUT2D eigenvalue weighted by atomic mass is 35.5. The van der Waals surface area contributed by atoms with Gasteiger partial charge in [0.25, 0.3) is 5.69 Å². The SMILES string of the molecule is CCCN(CCC)c1c([N+](=O)[O-])ccc(Cl)c1[N+](=O)[O-]. The molecular weight excluding hydrogens is 286 g/mol. The van der Waals surface area contributed by atoms with Crippen molar-refractivity contribution in [3.63, 3.8) is 0 Å². The topological polar surface area (TPSA) is 89.5 Å². The first kappa shape index (κ1) is 16.2. The van der Waals surface area contributed by atoms with Gasteiger partial charge >= 0.3 is 5.69 Å². The molecule has 1 rings (SSSR count). The van der Waals surface area contributed by atoms with Crippen LogP contribution >= 0.6 is 11.6 Å². The third-order valence-corrected chi connectivity index (χ3v) is 3.07. The van der Waals surface area contributed by atoms with E-state index in [1.807, 2.05) is 13.8 Å². The van der Waals surface area contributed by atoms with Gasteiger partial charge in [-0.25, -0.2) is 0 Å². The van der Waals surface area contributed by atoms with Gasteiger partial charge in [0.2, 0.25) is 0 Å². The zero-order valence-corrected chi connectivity index (χ0v) is 12.1. The predicted octanol–water partition coefficient (Wildman–Crippen LogP) is 3.78. The van der Waals surface area contributed by atoms with Gasteiger partial charge in [0.15, 0.2) is 5.69 Å². The van der Waals surface area contributed by atoms with E-state index < -0.39 is 15.5 Å². The first-order valence-corrected chi connectivity index (χ1v) is 6.68. The first-order valence-electron chi connectivity index (χ1n) is 6.30. The molecule has 0 amide bonds. The Bertz CT molecular complexity index is 516. The molecule has 0 aliphatic carbocycles. The molecule has 0 aromatic heterocycles. The first-order chi connectivity index (χ1) is 9.43. The van der Waals surface area contributed by atoms with Crippen LogP contribution in [0, 0.1) is 20.2 Å². The summed E-state index contributed by atoms with van der Waals surface area (Å²) in [5.74, 6) is 0. The summed E-state index contributed by atoms with van der Waals surface area (Å²) in [6.45, 7) is 4.81. The molecule has 0 bridgehead atoms. The molecule has 110 valence electrons. The van der Waals surface area contributed by atoms with Crippen LogP contribution in [0.2, 0.25) is 5.02 Å². The number of nitro benzene ring substituents is 2. The number of nitrogens with zero attached hydrogens (tertiary/aromatic N) is 3. The summed E-state index contributed by atoms with van der Waals surface area (Å²) >= 11 is 5.85. The van der Waals surface area contributed by atoms with E-state index >= 15 is 0 Å². The van der Waals surface area contributed by atoms with Crippen molar-refractivity contribution in [3.8, 4) is 0 Å². The third kappa shape index (κ3) is 3.36. The summed E-state index contributed by atoms with van der Waals surface area (Å²) in [5, 5.41) is 22.2. The smallest absolute Gasteiger partial charge is 0.318 e. The quantitative estimate of drug-likeness (QED) is 0.564. The van der Waals surface area contributed by atoms with Crippen molar-refractivity contribution in [2.45, 2.75) is 26.7 Å². The van der Waals surface area contributed by atoms with Crippen LogP contribution in [0.25, 0.3) is 0 Å². The molecule has 0 atom stereocenters. The van der Waals surface area contributed by atoms with Crippen LogP contribution in [-0.4, -0.2) is 22.9 Å². The Balaban J connectivity index is 3.55. The minimum absolute atomic E-state index is 0.00352. The molecule has 8 heteroatoms. The van der Waals surface area contributed by atoms with Gasteiger partial charge in [-0.15, -0.1) is 0 Å². The molecule has 0 spiro atoms. The van der Waals surface area contributed by atoms with E-state index in [0.29, 0.717) is 13.1 Å². The lowest BCUT2D eigenvalue weighted by Gasteiger charge is -2.23. The summed E-state index contributed by atoms with van der Waals surface area (Å²) < 4.78 is 0. The lowest BCUT2D eigenvalue weighted by molar-refractivity contribution is -0.392. The average Bonchev–Trinajstić information content (AvgIpc) is 2.37. The highest BCUT2D eigenvalue weighted by molar-refractivity contribution is 6.33. The van der Waals surface area contributed by atoms with Gasteiger partial charge in [-0.3, -0.25) is 20.2 Å². The predicted molar refractivity (Wildman–Crippen MR) is 77.6 cm³/mol. The second kappa shape index (κ2) is 7.04. The van der Waals surface area contributed by atoms with Gasteiger partial charge < -0.3 is 4.90 Å². The molecule has 0 N–H and O–H groups in total. The van der Waals surface area contributed by atoms with Crippen molar-refractivity contribution in [2.24, 2.45) is 0 Å². The van der Waals surface area contributed by atoms with Crippen LogP contribution in [0.15, 0.2) is 12.1 Å². The summed E-state index contributed by atoms with van der Waals surface area (Å²) in [5.41, 5.74) is -0.693. The van der Waals surface area contributed by atoms with Gasteiger partial charge in [0, 0.05) is 19.2 Å². The maximum atomic E-state index is 11.2. The van der Waals surface area contributed by atoms with E-state index in [4.69, 9.17) is 11.6 Å². The van der Waals surface area contributed by atoms with Gasteiger partial charge in [-0.1, -0.05) is 25.4 Å². The van der Waals surface area contributed by atoms with Crippen molar-refractivity contribution in [2.75, 3.05) is 18.0 Å². The summed E-state index contributed by atoms with van der Waals surface area (Å²) in [6.07, 6.45) is 1.45. The molecule has 0 unspecified atom stereocenters. The Hall–Kier alpha value is -1.89. The standard InChI is InChI=1S/C12H16ClN3O4/c1-3-7-14(8-4-2)12-10(15(17)18)6-5-9(13)11(12)16(19)20/h5-6H,3-4,7-8H2,1-2H3. The van der Waals surface area contributed by atoms with E-state index in [2.05, 4.69) is 0 Å². The fourth-order valence-electron chi connectivity index (χ4n) is 2.05. The minimum Gasteiger partial charge on any atom is -0.360 e. The summed E-state index contributed by atoms with van der Waals surface area (Å²) in [4.78, 5) is 22.7. The number of anilines is 1. The Kier molecular flexibility index (Phi) is 5.69. The van der Waals surface area contributed by atoms with Gasteiger partial charge in [0.1, 0.15) is 5.02 Å². The monoisotopic (exact) mass is 301 g/mol. The molecule has 0 radical (unpaired) electrons. The van der Waals surface area contributed by atoms with E-state index in [1.54, 1.807) is 4.90 Å². The zero-order valence-electron chi connectivity index (χ0n) is 11.3. The van der Waals surface area contributed by atoms with Crippen LogP contribution in [0.3, 0.4) is 0 Å². The number of rotatable bonds is 7. The van der Waals surface area contributed by atoms with E-state index in [0.717, 1.165) is 12.8 Å². The van der Waals surface area contributed by atoms with Crippen LogP contribution in [0.4, 0.5) is 17.1 Å². The van der Waals surface area contributed by atoms with Crippen LogP contribution in [0.1, 0.15) is 26.7 Å². The number of nitro groups is 2. The lowest BCUT2D eigenvalue weighted by atomic mass is 10.2. The molecule has 0 aliphatic rings. The Morgan fingerprint density at radius 1 is 1.10 bits per heavy atom. The van der Waals surface area contributed by atoms with Crippen molar-refractivity contribution in [1.29, 1.82) is 0 Å². The highest BCUT2D eigenvalue weighted by Crippen LogP contribution is 2.42. The van der Waals surface area contributed by atoms with Crippen molar-refractivity contribution in [1.82, 2.24) is 0 Å². The maximum absolute atomic E-state index is 11.2. The minimum atomic E-state index is -0.664. The van der Waals surface area contributed by atoms with Crippen LogP contribution in [0.5, 0.6) is 0 Å². The molecule has 0 saturated heterocycles. The molecular formula is C12H16ClN3O4. The zero-order chi connectivity index (χ0) is 15.3. The van der Waals surface area contributed by atoms with Gasteiger partial charge in [-0.2, -0.15) is 0 Å². The molecule has 20 heavy (non-hydrogen) atoms. The molecule has 1 aromatic rings. The maximum Gasteiger partial charge on any atom is 0.318 e. The fraction of sp³-hybridized carbons (Fsp3) is 0.500. The number of hydrogen-bond donors (Lipinski definition) is 0. The van der Waals surface area contributed by atoms with E-state index in [9.17, 15) is 20.2 Å². The van der Waals surface area contributed by atoms with Crippen LogP contribution < -0.4 is 4.90 Å².